The Morgan fingerprint density at radius 2 is 2.29 bits per heavy atom. The van der Waals surface area contributed by atoms with Crippen molar-refractivity contribution in [3.63, 3.8) is 0 Å². The van der Waals surface area contributed by atoms with E-state index in [9.17, 15) is 0 Å². The van der Waals surface area contributed by atoms with Crippen LogP contribution < -0.4 is 9.47 Å². The van der Waals surface area contributed by atoms with Gasteiger partial charge in [0.05, 0.1) is 19.8 Å². The van der Waals surface area contributed by atoms with Gasteiger partial charge in [0.25, 0.3) is 0 Å². The summed E-state index contributed by atoms with van der Waals surface area (Å²) in [6, 6.07) is 5.67. The molecule has 1 aromatic carbocycles. The minimum atomic E-state index is 0.0341. The van der Waals surface area contributed by atoms with Gasteiger partial charge in [0.2, 0.25) is 6.79 Å². The quantitative estimate of drug-likeness (QED) is 0.727. The molecule has 0 saturated carbocycles. The van der Waals surface area contributed by atoms with Gasteiger partial charge >= 0.3 is 0 Å². The van der Waals surface area contributed by atoms with Gasteiger partial charge in [0.15, 0.2) is 11.5 Å². The maximum atomic E-state index is 8.56. The number of rotatable bonds is 4. The Labute approximate surface area is 82.0 Å². The predicted octanol–water partition coefficient (Wildman–Crippen LogP) is 0.924. The van der Waals surface area contributed by atoms with E-state index in [0.29, 0.717) is 13.2 Å². The fourth-order valence-corrected chi connectivity index (χ4v) is 1.35. The Balaban J connectivity index is 2.06. The molecule has 76 valence electrons. The van der Waals surface area contributed by atoms with Crippen LogP contribution in [-0.2, 0) is 11.3 Å². The first-order chi connectivity index (χ1) is 6.92. The van der Waals surface area contributed by atoms with Crippen LogP contribution >= 0.6 is 0 Å². The van der Waals surface area contributed by atoms with E-state index >= 15 is 0 Å². The third kappa shape index (κ3) is 1.81. The summed E-state index contributed by atoms with van der Waals surface area (Å²) < 4.78 is 15.7. The molecule has 0 aromatic heterocycles. The number of para-hydroxylation sites is 1. The van der Waals surface area contributed by atoms with Crippen molar-refractivity contribution in [2.45, 2.75) is 6.61 Å². The van der Waals surface area contributed by atoms with Gasteiger partial charge in [-0.3, -0.25) is 0 Å². The monoisotopic (exact) mass is 196 g/mol. The average molecular weight is 196 g/mol. The van der Waals surface area contributed by atoms with Crippen molar-refractivity contribution < 1.29 is 19.3 Å². The van der Waals surface area contributed by atoms with Crippen molar-refractivity contribution >= 4 is 0 Å². The van der Waals surface area contributed by atoms with E-state index in [2.05, 4.69) is 0 Å². The van der Waals surface area contributed by atoms with Crippen LogP contribution in [0.2, 0.25) is 0 Å². The first-order valence-electron chi connectivity index (χ1n) is 4.48. The fourth-order valence-electron chi connectivity index (χ4n) is 1.35. The molecule has 1 aliphatic rings. The van der Waals surface area contributed by atoms with Crippen molar-refractivity contribution in [2.24, 2.45) is 0 Å². The number of ether oxygens (including phenoxy) is 3. The highest BCUT2D eigenvalue weighted by Crippen LogP contribution is 2.35. The molecule has 0 amide bonds. The number of hydrogen-bond donors (Lipinski definition) is 1. The molecule has 0 spiro atoms. The molecule has 1 aliphatic heterocycles. The number of aliphatic hydroxyl groups is 1. The van der Waals surface area contributed by atoms with E-state index in [-0.39, 0.29) is 13.4 Å². The molecular weight excluding hydrogens is 184 g/mol. The zero-order valence-corrected chi connectivity index (χ0v) is 7.73. The Bertz CT molecular complexity index is 311. The highest BCUT2D eigenvalue weighted by Gasteiger charge is 2.16. The van der Waals surface area contributed by atoms with Gasteiger partial charge in [0.1, 0.15) is 0 Å². The van der Waals surface area contributed by atoms with Gasteiger partial charge in [-0.25, -0.2) is 0 Å². The molecule has 0 radical (unpaired) electrons. The van der Waals surface area contributed by atoms with Crippen molar-refractivity contribution in [2.75, 3.05) is 20.0 Å². The summed E-state index contributed by atoms with van der Waals surface area (Å²) in [6.45, 7) is 1.08. The number of aliphatic hydroxyl groups excluding tert-OH is 1. The van der Waals surface area contributed by atoms with E-state index in [1.807, 2.05) is 18.2 Å². The maximum Gasteiger partial charge on any atom is 0.231 e. The van der Waals surface area contributed by atoms with Crippen molar-refractivity contribution in [1.29, 1.82) is 0 Å². The van der Waals surface area contributed by atoms with Crippen molar-refractivity contribution in [3.8, 4) is 11.5 Å². The molecule has 0 fully saturated rings. The normalized spacial score (nSPS) is 13.2. The molecule has 1 heterocycles. The molecular formula is C10H12O4. The summed E-state index contributed by atoms with van der Waals surface area (Å²) >= 11 is 0. The summed E-state index contributed by atoms with van der Waals surface area (Å²) in [7, 11) is 0. The topological polar surface area (TPSA) is 47.9 Å². The number of fused-ring (bicyclic) bond motifs is 1. The fraction of sp³-hybridized carbons (Fsp3) is 0.400. The second kappa shape index (κ2) is 4.30. The smallest absolute Gasteiger partial charge is 0.231 e. The molecule has 2 rings (SSSR count). The minimum Gasteiger partial charge on any atom is -0.454 e. The summed E-state index contributed by atoms with van der Waals surface area (Å²) in [5.41, 5.74) is 0.952. The lowest BCUT2D eigenvalue weighted by atomic mass is 10.2. The lowest BCUT2D eigenvalue weighted by Crippen LogP contribution is -2.00. The lowest BCUT2D eigenvalue weighted by molar-refractivity contribution is 0.0798. The molecule has 0 bridgehead atoms. The Hall–Kier alpha value is -1.26. The molecule has 0 aliphatic carbocycles. The highest BCUT2D eigenvalue weighted by atomic mass is 16.7. The zero-order chi connectivity index (χ0) is 9.80. The van der Waals surface area contributed by atoms with E-state index in [4.69, 9.17) is 19.3 Å². The summed E-state index contributed by atoms with van der Waals surface area (Å²) in [5.74, 6) is 1.51. The zero-order valence-electron chi connectivity index (χ0n) is 7.73. The van der Waals surface area contributed by atoms with Crippen LogP contribution in [0.5, 0.6) is 11.5 Å². The molecule has 0 unspecified atom stereocenters. The summed E-state index contributed by atoms with van der Waals surface area (Å²) in [6.07, 6.45) is 0. The third-order valence-corrected chi connectivity index (χ3v) is 1.97. The van der Waals surface area contributed by atoms with Crippen LogP contribution in [0.25, 0.3) is 0 Å². The molecule has 4 nitrogen and oxygen atoms in total. The predicted molar refractivity (Wildman–Crippen MR) is 49.3 cm³/mol. The Morgan fingerprint density at radius 3 is 3.14 bits per heavy atom. The van der Waals surface area contributed by atoms with E-state index in [0.717, 1.165) is 17.1 Å². The van der Waals surface area contributed by atoms with Crippen LogP contribution in [0.1, 0.15) is 5.56 Å². The van der Waals surface area contributed by atoms with Gasteiger partial charge in [-0.05, 0) is 6.07 Å². The first-order valence-corrected chi connectivity index (χ1v) is 4.48. The minimum absolute atomic E-state index is 0.0341. The average Bonchev–Trinajstić information content (AvgIpc) is 2.67. The van der Waals surface area contributed by atoms with E-state index < -0.39 is 0 Å². The molecule has 4 heteroatoms. The standard InChI is InChI=1S/C10H12O4/c11-4-5-12-6-8-2-1-3-9-10(8)14-7-13-9/h1-3,11H,4-7H2. The molecule has 0 atom stereocenters. The Morgan fingerprint density at radius 1 is 1.36 bits per heavy atom. The van der Waals surface area contributed by atoms with Gasteiger partial charge in [-0.2, -0.15) is 0 Å². The van der Waals surface area contributed by atoms with E-state index in [1.54, 1.807) is 0 Å². The van der Waals surface area contributed by atoms with Gasteiger partial charge in [-0.1, -0.05) is 12.1 Å². The highest BCUT2D eigenvalue weighted by molar-refractivity contribution is 5.47. The van der Waals surface area contributed by atoms with Crippen LogP contribution in [-0.4, -0.2) is 25.1 Å². The molecule has 1 aromatic rings. The van der Waals surface area contributed by atoms with Gasteiger partial charge < -0.3 is 19.3 Å². The largest absolute Gasteiger partial charge is 0.454 e. The van der Waals surface area contributed by atoms with Crippen LogP contribution in [0.4, 0.5) is 0 Å². The summed E-state index contributed by atoms with van der Waals surface area (Å²) in [5, 5.41) is 8.56. The third-order valence-electron chi connectivity index (χ3n) is 1.97. The van der Waals surface area contributed by atoms with Crippen LogP contribution in [0.3, 0.4) is 0 Å². The van der Waals surface area contributed by atoms with E-state index in [1.165, 1.54) is 0 Å². The van der Waals surface area contributed by atoms with Gasteiger partial charge in [-0.15, -0.1) is 0 Å². The second-order valence-electron chi connectivity index (χ2n) is 2.93. The molecule has 0 saturated heterocycles. The summed E-state index contributed by atoms with van der Waals surface area (Å²) in [4.78, 5) is 0. The molecule has 1 N–H and O–H groups in total. The van der Waals surface area contributed by atoms with Crippen molar-refractivity contribution in [3.05, 3.63) is 23.8 Å². The number of hydrogen-bond acceptors (Lipinski definition) is 4. The second-order valence-corrected chi connectivity index (χ2v) is 2.93. The SMILES string of the molecule is OCCOCc1cccc2c1OCO2. The van der Waals surface area contributed by atoms with Crippen LogP contribution in [0.15, 0.2) is 18.2 Å². The van der Waals surface area contributed by atoms with Gasteiger partial charge in [0, 0.05) is 5.56 Å². The van der Waals surface area contributed by atoms with Crippen molar-refractivity contribution in [1.82, 2.24) is 0 Å². The maximum absolute atomic E-state index is 8.56. The Kier molecular flexibility index (Phi) is 2.86. The number of benzene rings is 1. The first kappa shape index (κ1) is 9.30. The van der Waals surface area contributed by atoms with Crippen LogP contribution in [0, 0.1) is 0 Å². The molecule has 14 heavy (non-hydrogen) atoms. The lowest BCUT2D eigenvalue weighted by Gasteiger charge is -2.05.